The van der Waals surface area contributed by atoms with Crippen LogP contribution in [0.5, 0.6) is 0 Å². The van der Waals surface area contributed by atoms with Gasteiger partial charge in [-0.1, -0.05) is 62.9 Å². The van der Waals surface area contributed by atoms with Gasteiger partial charge in [0.15, 0.2) is 12.5 Å². The number of aliphatic hydroxyl groups is 1. The maximum Gasteiger partial charge on any atom is 0.199 e. The minimum absolute atomic E-state index is 0.0218. The van der Waals surface area contributed by atoms with Crippen molar-refractivity contribution in [2.45, 2.75) is 70.6 Å². The van der Waals surface area contributed by atoms with Gasteiger partial charge in [0.25, 0.3) is 0 Å². The molecule has 1 aliphatic heterocycles. The largest absolute Gasteiger partial charge is 0.396 e. The molecule has 1 saturated heterocycles. The molecule has 1 fully saturated rings. The van der Waals surface area contributed by atoms with E-state index in [2.05, 4.69) is 12.2 Å². The van der Waals surface area contributed by atoms with Crippen LogP contribution in [0.15, 0.2) is 30.3 Å². The molecule has 22 heavy (non-hydrogen) atoms. The van der Waals surface area contributed by atoms with Crippen LogP contribution >= 0.6 is 0 Å². The zero-order valence-corrected chi connectivity index (χ0v) is 13.5. The van der Waals surface area contributed by atoms with Crippen LogP contribution in [0.3, 0.4) is 0 Å². The molecule has 3 unspecified atom stereocenters. The van der Waals surface area contributed by atoms with Crippen LogP contribution < -0.4 is 5.32 Å². The third-order valence-electron chi connectivity index (χ3n) is 3.99. The SMILES string of the molecule is CCCCCCC(CCO)NC1OC1OCc1ccccc1. The van der Waals surface area contributed by atoms with Crippen LogP contribution in [0.1, 0.15) is 51.0 Å². The van der Waals surface area contributed by atoms with Gasteiger partial charge in [-0.25, -0.2) is 0 Å². The number of aliphatic hydroxyl groups excluding tert-OH is 1. The molecule has 3 atom stereocenters. The van der Waals surface area contributed by atoms with E-state index in [1.165, 1.54) is 25.7 Å². The van der Waals surface area contributed by atoms with Crippen molar-refractivity contribution >= 4 is 0 Å². The number of epoxide rings is 1. The van der Waals surface area contributed by atoms with Crippen molar-refractivity contribution in [3.63, 3.8) is 0 Å². The van der Waals surface area contributed by atoms with Gasteiger partial charge in [0.1, 0.15) is 0 Å². The third kappa shape index (κ3) is 6.44. The van der Waals surface area contributed by atoms with E-state index in [4.69, 9.17) is 9.47 Å². The molecule has 0 bridgehead atoms. The summed E-state index contributed by atoms with van der Waals surface area (Å²) in [6, 6.07) is 10.4. The molecule has 0 amide bonds. The summed E-state index contributed by atoms with van der Waals surface area (Å²) in [5, 5.41) is 12.6. The lowest BCUT2D eigenvalue weighted by atomic mass is 10.0. The monoisotopic (exact) mass is 307 g/mol. The maximum absolute atomic E-state index is 9.18. The highest BCUT2D eigenvalue weighted by molar-refractivity contribution is 5.13. The van der Waals surface area contributed by atoms with Gasteiger partial charge in [-0.3, -0.25) is 5.32 Å². The minimum atomic E-state index is -0.156. The Morgan fingerprint density at radius 3 is 2.73 bits per heavy atom. The van der Waals surface area contributed by atoms with Crippen molar-refractivity contribution in [2.24, 2.45) is 0 Å². The van der Waals surface area contributed by atoms with Gasteiger partial charge in [-0.2, -0.15) is 0 Å². The highest BCUT2D eigenvalue weighted by Crippen LogP contribution is 2.24. The van der Waals surface area contributed by atoms with Crippen molar-refractivity contribution in [2.75, 3.05) is 6.61 Å². The Kier molecular flexibility index (Phi) is 7.88. The fraction of sp³-hybridized carbons (Fsp3) is 0.667. The highest BCUT2D eigenvalue weighted by atomic mass is 16.8. The summed E-state index contributed by atoms with van der Waals surface area (Å²) >= 11 is 0. The highest BCUT2D eigenvalue weighted by Gasteiger charge is 2.41. The zero-order chi connectivity index (χ0) is 15.6. The molecular formula is C18H29NO3. The zero-order valence-electron chi connectivity index (χ0n) is 13.5. The van der Waals surface area contributed by atoms with Crippen LogP contribution in [0.2, 0.25) is 0 Å². The van der Waals surface area contributed by atoms with Gasteiger partial charge in [0.2, 0.25) is 0 Å². The second-order valence-corrected chi connectivity index (χ2v) is 5.95. The van der Waals surface area contributed by atoms with E-state index in [9.17, 15) is 5.11 Å². The fourth-order valence-corrected chi connectivity index (χ4v) is 2.61. The standard InChI is InChI=1S/C18H29NO3/c1-2-3-4-8-11-16(12-13-20)19-17-18(22-17)21-14-15-9-6-5-7-10-15/h5-7,9-10,16-20H,2-4,8,11-14H2,1H3. The Hall–Kier alpha value is -0.940. The first-order valence-electron chi connectivity index (χ1n) is 8.51. The van der Waals surface area contributed by atoms with Gasteiger partial charge in [-0.05, 0) is 18.4 Å². The molecule has 0 aliphatic carbocycles. The smallest absolute Gasteiger partial charge is 0.199 e. The van der Waals surface area contributed by atoms with E-state index in [1.54, 1.807) is 0 Å². The number of unbranched alkanes of at least 4 members (excludes halogenated alkanes) is 3. The molecule has 1 aliphatic rings. The van der Waals surface area contributed by atoms with Crippen LogP contribution in [-0.4, -0.2) is 30.3 Å². The van der Waals surface area contributed by atoms with E-state index >= 15 is 0 Å². The molecule has 4 heteroatoms. The summed E-state index contributed by atoms with van der Waals surface area (Å²) in [7, 11) is 0. The molecule has 0 spiro atoms. The summed E-state index contributed by atoms with van der Waals surface area (Å²) in [5.41, 5.74) is 1.16. The van der Waals surface area contributed by atoms with E-state index in [-0.39, 0.29) is 19.1 Å². The Bertz CT molecular complexity index is 399. The first-order valence-corrected chi connectivity index (χ1v) is 8.51. The van der Waals surface area contributed by atoms with Crippen LogP contribution in [0.25, 0.3) is 0 Å². The van der Waals surface area contributed by atoms with Crippen LogP contribution in [-0.2, 0) is 16.1 Å². The Morgan fingerprint density at radius 1 is 1.18 bits per heavy atom. The molecule has 1 aromatic rings. The summed E-state index contributed by atoms with van der Waals surface area (Å²) in [6.45, 7) is 3.01. The summed E-state index contributed by atoms with van der Waals surface area (Å²) in [5.74, 6) is 0. The maximum atomic E-state index is 9.18. The number of hydrogen-bond acceptors (Lipinski definition) is 4. The lowest BCUT2D eigenvalue weighted by Crippen LogP contribution is -2.34. The van der Waals surface area contributed by atoms with E-state index < -0.39 is 0 Å². The van der Waals surface area contributed by atoms with Crippen molar-refractivity contribution in [3.8, 4) is 0 Å². The quantitative estimate of drug-likeness (QED) is 0.460. The summed E-state index contributed by atoms with van der Waals surface area (Å²) in [6.07, 6.45) is 6.69. The number of benzene rings is 1. The van der Waals surface area contributed by atoms with Gasteiger partial charge in [-0.15, -0.1) is 0 Å². The number of hydrogen-bond donors (Lipinski definition) is 2. The average molecular weight is 307 g/mol. The first-order chi connectivity index (χ1) is 10.8. The van der Waals surface area contributed by atoms with Crippen molar-refractivity contribution in [1.82, 2.24) is 5.32 Å². The van der Waals surface area contributed by atoms with Gasteiger partial charge < -0.3 is 14.6 Å². The van der Waals surface area contributed by atoms with Gasteiger partial charge in [0.05, 0.1) is 6.61 Å². The average Bonchev–Trinajstić information content (AvgIpc) is 3.29. The number of rotatable bonds is 12. The number of nitrogens with one attached hydrogen (secondary N) is 1. The van der Waals surface area contributed by atoms with Crippen molar-refractivity contribution in [3.05, 3.63) is 35.9 Å². The molecular weight excluding hydrogens is 278 g/mol. The first kappa shape index (κ1) is 17.4. The molecule has 2 N–H and O–H groups in total. The molecule has 2 rings (SSSR count). The van der Waals surface area contributed by atoms with Crippen molar-refractivity contribution < 1.29 is 14.6 Å². The predicted octanol–water partition coefficient (Wildman–Crippen LogP) is 3.20. The molecule has 1 heterocycles. The molecule has 4 nitrogen and oxygen atoms in total. The Labute approximate surface area is 133 Å². The minimum Gasteiger partial charge on any atom is -0.396 e. The van der Waals surface area contributed by atoms with E-state index in [0.29, 0.717) is 12.6 Å². The lowest BCUT2D eigenvalue weighted by molar-refractivity contribution is 0.0384. The lowest BCUT2D eigenvalue weighted by Gasteiger charge is -2.16. The Morgan fingerprint density at radius 2 is 2.00 bits per heavy atom. The normalized spacial score (nSPS) is 21.7. The van der Waals surface area contributed by atoms with E-state index in [0.717, 1.165) is 18.4 Å². The molecule has 124 valence electrons. The second kappa shape index (κ2) is 9.95. The molecule has 0 radical (unpaired) electrons. The predicted molar refractivity (Wildman–Crippen MR) is 87.3 cm³/mol. The Balaban J connectivity index is 1.62. The van der Waals surface area contributed by atoms with Crippen molar-refractivity contribution in [1.29, 1.82) is 0 Å². The topological polar surface area (TPSA) is 54.0 Å². The van der Waals surface area contributed by atoms with Crippen LogP contribution in [0.4, 0.5) is 0 Å². The second-order valence-electron chi connectivity index (χ2n) is 5.95. The third-order valence-corrected chi connectivity index (χ3v) is 3.99. The van der Waals surface area contributed by atoms with Gasteiger partial charge in [0, 0.05) is 12.6 Å². The van der Waals surface area contributed by atoms with Crippen LogP contribution in [0, 0.1) is 0 Å². The fourth-order valence-electron chi connectivity index (χ4n) is 2.61. The molecule has 1 aromatic carbocycles. The summed E-state index contributed by atoms with van der Waals surface area (Å²) in [4.78, 5) is 0. The molecule has 0 aromatic heterocycles. The number of ether oxygens (including phenoxy) is 2. The van der Waals surface area contributed by atoms with E-state index in [1.807, 2.05) is 30.3 Å². The summed E-state index contributed by atoms with van der Waals surface area (Å²) < 4.78 is 11.3. The molecule has 0 saturated carbocycles. The van der Waals surface area contributed by atoms with Gasteiger partial charge >= 0.3 is 0 Å².